The molecule has 0 radical (unpaired) electrons. The molecule has 0 fully saturated rings. The van der Waals surface area contributed by atoms with Crippen molar-refractivity contribution < 1.29 is 19.3 Å². The topological polar surface area (TPSA) is 48.2 Å². The van der Waals surface area contributed by atoms with E-state index >= 15 is 0 Å². The molecule has 0 saturated carbocycles. The highest BCUT2D eigenvalue weighted by atomic mass is 35.5. The number of aromatic nitrogens is 2. The predicted molar refractivity (Wildman–Crippen MR) is 109 cm³/mol. The van der Waals surface area contributed by atoms with Gasteiger partial charge >= 0.3 is 11.9 Å². The second-order valence-electron chi connectivity index (χ2n) is 6.59. The Hall–Kier alpha value is -2.82. The van der Waals surface area contributed by atoms with E-state index in [2.05, 4.69) is 0 Å². The standard InChI is InChI=1S/C22H16Cl2N2O2/c1-14-6-2-3-7-15(14)13-25-20-9-5-4-8-17(20)21(27)26(22(25)28)16-10-11-18(23)19(24)12-16/h2-12H,13H2,1H3/p+2. The molecule has 2 N–H and O–H groups in total. The van der Waals surface area contributed by atoms with Gasteiger partial charge in [0.2, 0.25) is 11.2 Å². The van der Waals surface area contributed by atoms with Crippen molar-refractivity contribution in [3.8, 4) is 17.6 Å². The minimum absolute atomic E-state index is 0.0764. The van der Waals surface area contributed by atoms with E-state index in [1.54, 1.807) is 22.8 Å². The first-order valence-corrected chi connectivity index (χ1v) is 9.51. The van der Waals surface area contributed by atoms with Crippen LogP contribution in [0.15, 0.2) is 66.7 Å². The van der Waals surface area contributed by atoms with E-state index in [1.165, 1.54) is 4.57 Å². The second kappa shape index (κ2) is 7.30. The molecule has 4 nitrogen and oxygen atoms in total. The molecular formula is C22H18Cl2N2O2+2. The summed E-state index contributed by atoms with van der Waals surface area (Å²) in [6.45, 7) is 2.48. The second-order valence-corrected chi connectivity index (χ2v) is 7.40. The molecule has 0 aliphatic heterocycles. The van der Waals surface area contributed by atoms with Crippen molar-refractivity contribution >= 4 is 34.1 Å². The summed E-state index contributed by atoms with van der Waals surface area (Å²) in [5, 5.41) is 23.4. The minimum atomic E-state index is -0.113. The Morgan fingerprint density at radius 2 is 1.57 bits per heavy atom. The molecule has 0 spiro atoms. The maximum absolute atomic E-state index is 11.1. The van der Waals surface area contributed by atoms with E-state index < -0.39 is 0 Å². The first-order valence-electron chi connectivity index (χ1n) is 8.76. The SMILES string of the molecule is Cc1ccccc1C[n+]1c(O)[n+](-c2ccc(Cl)c(Cl)c2)c(O)c2ccccc21. The molecule has 4 rings (SSSR count). The van der Waals surface area contributed by atoms with Gasteiger partial charge < -0.3 is 10.2 Å². The van der Waals surface area contributed by atoms with Gasteiger partial charge in [0.15, 0.2) is 11.9 Å². The highest BCUT2D eigenvalue weighted by Crippen LogP contribution is 2.27. The normalized spacial score (nSPS) is 11.1. The summed E-state index contributed by atoms with van der Waals surface area (Å²) < 4.78 is 3.13. The van der Waals surface area contributed by atoms with Crippen LogP contribution in [-0.4, -0.2) is 10.2 Å². The molecule has 0 amide bonds. The van der Waals surface area contributed by atoms with Gasteiger partial charge in [-0.25, -0.2) is 0 Å². The highest BCUT2D eigenvalue weighted by Gasteiger charge is 2.35. The number of rotatable bonds is 3. The summed E-state index contributed by atoms with van der Waals surface area (Å²) in [5.74, 6) is -0.0764. The van der Waals surface area contributed by atoms with Crippen molar-refractivity contribution in [2.24, 2.45) is 0 Å². The molecule has 0 saturated heterocycles. The molecule has 0 atom stereocenters. The number of hydrogen-bond acceptors (Lipinski definition) is 2. The number of nitrogens with zero attached hydrogens (tertiary/aromatic N) is 2. The molecule has 1 aromatic heterocycles. The van der Waals surface area contributed by atoms with Gasteiger partial charge in [-0.05, 0) is 29.2 Å². The lowest BCUT2D eigenvalue weighted by atomic mass is 10.1. The maximum Gasteiger partial charge on any atom is 0.638 e. The zero-order valence-electron chi connectivity index (χ0n) is 15.1. The van der Waals surface area contributed by atoms with Crippen LogP contribution in [-0.2, 0) is 6.54 Å². The van der Waals surface area contributed by atoms with Crippen molar-refractivity contribution in [1.29, 1.82) is 0 Å². The number of benzene rings is 3. The van der Waals surface area contributed by atoms with Crippen LogP contribution in [0.2, 0.25) is 10.0 Å². The molecule has 3 aromatic carbocycles. The van der Waals surface area contributed by atoms with E-state index in [0.29, 0.717) is 27.7 Å². The van der Waals surface area contributed by atoms with Crippen LogP contribution in [0.1, 0.15) is 11.1 Å². The Bertz CT molecular complexity index is 1210. The smallest absolute Gasteiger partial charge is 0.459 e. The number of aromatic hydroxyl groups is 2. The number of halogens is 2. The fourth-order valence-corrected chi connectivity index (χ4v) is 3.61. The van der Waals surface area contributed by atoms with E-state index in [9.17, 15) is 10.2 Å². The van der Waals surface area contributed by atoms with Gasteiger partial charge in [-0.3, -0.25) is 0 Å². The Morgan fingerprint density at radius 3 is 2.32 bits per heavy atom. The summed E-state index contributed by atoms with van der Waals surface area (Å²) in [6.07, 6.45) is 0. The summed E-state index contributed by atoms with van der Waals surface area (Å²) in [6, 6.07) is 20.2. The molecule has 4 aromatic rings. The van der Waals surface area contributed by atoms with Gasteiger partial charge in [0, 0.05) is 23.8 Å². The van der Waals surface area contributed by atoms with Crippen LogP contribution in [0, 0.1) is 6.92 Å². The summed E-state index contributed by atoms with van der Waals surface area (Å²) in [5.41, 5.74) is 3.41. The van der Waals surface area contributed by atoms with Crippen molar-refractivity contribution in [1.82, 2.24) is 0 Å². The number of hydrogen-bond donors (Lipinski definition) is 2. The van der Waals surface area contributed by atoms with Crippen LogP contribution in [0.4, 0.5) is 0 Å². The minimum Gasteiger partial charge on any atom is -0.459 e. The van der Waals surface area contributed by atoms with E-state index in [-0.39, 0.29) is 11.9 Å². The van der Waals surface area contributed by atoms with E-state index in [4.69, 9.17) is 23.2 Å². The van der Waals surface area contributed by atoms with E-state index in [1.807, 2.05) is 55.5 Å². The van der Waals surface area contributed by atoms with Crippen LogP contribution >= 0.6 is 23.2 Å². The first kappa shape index (κ1) is 18.5. The first-order chi connectivity index (χ1) is 13.5. The predicted octanol–water partition coefficient (Wildman–Crippen LogP) is 4.48. The van der Waals surface area contributed by atoms with Crippen molar-refractivity contribution in [3.63, 3.8) is 0 Å². The fourth-order valence-electron chi connectivity index (χ4n) is 3.32. The largest absolute Gasteiger partial charge is 0.638 e. The third-order valence-electron chi connectivity index (χ3n) is 4.84. The summed E-state index contributed by atoms with van der Waals surface area (Å²) in [4.78, 5) is 0. The van der Waals surface area contributed by atoms with Gasteiger partial charge in [0.05, 0.1) is 10.0 Å². The zero-order chi connectivity index (χ0) is 19.8. The number of aryl methyl sites for hydroxylation is 1. The van der Waals surface area contributed by atoms with Crippen molar-refractivity contribution in [3.05, 3.63) is 87.9 Å². The van der Waals surface area contributed by atoms with Gasteiger partial charge in [-0.15, -0.1) is 0 Å². The number of fused-ring (bicyclic) bond motifs is 1. The molecule has 28 heavy (non-hydrogen) atoms. The Kier molecular flexibility index (Phi) is 4.84. The Balaban J connectivity index is 2.01. The number of para-hydroxylation sites is 1. The van der Waals surface area contributed by atoms with Crippen LogP contribution < -0.4 is 9.13 Å². The monoisotopic (exact) mass is 412 g/mol. The molecule has 0 aliphatic rings. The van der Waals surface area contributed by atoms with Gasteiger partial charge in [-0.1, -0.05) is 64.2 Å². The Morgan fingerprint density at radius 1 is 0.857 bits per heavy atom. The summed E-state index contributed by atoms with van der Waals surface area (Å²) >= 11 is 12.2. The van der Waals surface area contributed by atoms with Gasteiger partial charge in [0.25, 0.3) is 0 Å². The lowest BCUT2D eigenvalue weighted by Gasteiger charge is -2.07. The quantitative estimate of drug-likeness (QED) is 0.487. The van der Waals surface area contributed by atoms with Crippen molar-refractivity contribution in [2.45, 2.75) is 13.5 Å². The zero-order valence-corrected chi connectivity index (χ0v) is 16.6. The molecular weight excluding hydrogens is 395 g/mol. The molecule has 6 heteroatoms. The van der Waals surface area contributed by atoms with Gasteiger partial charge in [-0.2, -0.15) is 0 Å². The molecule has 0 aliphatic carbocycles. The highest BCUT2D eigenvalue weighted by molar-refractivity contribution is 6.42. The lowest BCUT2D eigenvalue weighted by Crippen LogP contribution is -2.47. The molecule has 1 heterocycles. The van der Waals surface area contributed by atoms with Gasteiger partial charge in [0.1, 0.15) is 0 Å². The third-order valence-corrected chi connectivity index (χ3v) is 5.58. The summed E-state index contributed by atoms with van der Waals surface area (Å²) in [7, 11) is 0. The van der Waals surface area contributed by atoms with Crippen LogP contribution in [0.3, 0.4) is 0 Å². The van der Waals surface area contributed by atoms with E-state index in [0.717, 1.165) is 16.6 Å². The Labute approximate surface area is 172 Å². The average molecular weight is 413 g/mol. The maximum atomic E-state index is 11.1. The van der Waals surface area contributed by atoms with Crippen molar-refractivity contribution in [2.75, 3.05) is 0 Å². The fraction of sp³-hybridized carbons (Fsp3) is 0.0909. The van der Waals surface area contributed by atoms with Crippen LogP contribution in [0.5, 0.6) is 11.9 Å². The molecule has 0 unspecified atom stereocenters. The third kappa shape index (κ3) is 3.15. The average Bonchev–Trinajstić information content (AvgIpc) is 2.69. The molecule has 0 bridgehead atoms. The van der Waals surface area contributed by atoms with Crippen LogP contribution in [0.25, 0.3) is 16.6 Å². The lowest BCUT2D eigenvalue weighted by molar-refractivity contribution is -0.776. The molecule has 140 valence electrons.